The van der Waals surface area contributed by atoms with Crippen molar-refractivity contribution in [2.75, 3.05) is 6.54 Å². The first-order valence-electron chi connectivity index (χ1n) is 5.52. The number of aliphatic carboxylic acids is 2. The summed E-state index contributed by atoms with van der Waals surface area (Å²) in [7, 11) is 0. The zero-order valence-electron chi connectivity index (χ0n) is 10.8. The van der Waals surface area contributed by atoms with Crippen LogP contribution in [-0.4, -0.2) is 57.9 Å². The van der Waals surface area contributed by atoms with Gasteiger partial charge in [0.15, 0.2) is 0 Å². The molecule has 1 atom stereocenters. The van der Waals surface area contributed by atoms with E-state index in [2.05, 4.69) is 0 Å². The first kappa shape index (κ1) is 18.0. The third-order valence-corrected chi connectivity index (χ3v) is 2.21. The van der Waals surface area contributed by atoms with Gasteiger partial charge < -0.3 is 20.4 Å². The van der Waals surface area contributed by atoms with E-state index in [0.717, 1.165) is 0 Å². The minimum absolute atomic E-state index is 0.373. The summed E-state index contributed by atoms with van der Waals surface area (Å²) in [5.74, 6) is -3.14. The number of halogens is 3. The second-order valence-corrected chi connectivity index (χ2v) is 4.28. The van der Waals surface area contributed by atoms with Gasteiger partial charge in [0.2, 0.25) is 0 Å². The molecule has 0 unspecified atom stereocenters. The Kier molecular flexibility index (Phi) is 6.27. The van der Waals surface area contributed by atoms with Crippen molar-refractivity contribution in [2.24, 2.45) is 0 Å². The Morgan fingerprint density at radius 1 is 1.20 bits per heavy atom. The summed E-state index contributed by atoms with van der Waals surface area (Å²) in [5.41, 5.74) is 0. The van der Waals surface area contributed by atoms with Gasteiger partial charge in [-0.05, 0) is 13.8 Å². The normalized spacial score (nSPS) is 12.9. The summed E-state index contributed by atoms with van der Waals surface area (Å²) in [6, 6.07) is -3.92. The van der Waals surface area contributed by atoms with Gasteiger partial charge in [-0.15, -0.1) is 0 Å². The van der Waals surface area contributed by atoms with Crippen LogP contribution in [0.3, 0.4) is 0 Å². The van der Waals surface area contributed by atoms with E-state index in [1.807, 2.05) is 0 Å². The van der Waals surface area contributed by atoms with E-state index in [-0.39, 0.29) is 0 Å². The molecular formula is C10H15F3N2O5. The predicted molar refractivity (Wildman–Crippen MR) is 60.1 cm³/mol. The van der Waals surface area contributed by atoms with Crippen molar-refractivity contribution >= 4 is 18.0 Å². The topological polar surface area (TPSA) is 107 Å². The molecule has 0 bridgehead atoms. The van der Waals surface area contributed by atoms with Gasteiger partial charge in [0.05, 0.1) is 6.42 Å². The fraction of sp³-hybridized carbons (Fsp3) is 0.700. The number of amides is 2. The van der Waals surface area contributed by atoms with Crippen LogP contribution in [0.4, 0.5) is 18.0 Å². The lowest BCUT2D eigenvalue weighted by atomic mass is 10.2. The Morgan fingerprint density at radius 2 is 1.70 bits per heavy atom. The van der Waals surface area contributed by atoms with Crippen molar-refractivity contribution in [1.29, 1.82) is 0 Å². The molecule has 0 spiro atoms. The Morgan fingerprint density at radius 3 is 2.00 bits per heavy atom. The van der Waals surface area contributed by atoms with Crippen molar-refractivity contribution in [3.63, 3.8) is 0 Å². The van der Waals surface area contributed by atoms with Crippen LogP contribution in [-0.2, 0) is 9.59 Å². The summed E-state index contributed by atoms with van der Waals surface area (Å²) in [6.07, 6.45) is -5.58. The smallest absolute Gasteiger partial charge is 0.406 e. The van der Waals surface area contributed by atoms with Crippen LogP contribution >= 0.6 is 0 Å². The number of carbonyl (C=O) groups excluding carboxylic acids is 1. The van der Waals surface area contributed by atoms with E-state index in [0.29, 0.717) is 4.90 Å². The van der Waals surface area contributed by atoms with E-state index in [4.69, 9.17) is 10.2 Å². The first-order chi connectivity index (χ1) is 8.94. The van der Waals surface area contributed by atoms with Gasteiger partial charge in [-0.2, -0.15) is 13.2 Å². The van der Waals surface area contributed by atoms with E-state index >= 15 is 0 Å². The van der Waals surface area contributed by atoms with Crippen LogP contribution < -0.4 is 5.32 Å². The number of hydrogen-bond donors (Lipinski definition) is 3. The molecule has 7 nitrogen and oxygen atoms in total. The molecule has 0 saturated carbocycles. The van der Waals surface area contributed by atoms with Crippen molar-refractivity contribution < 1.29 is 37.8 Å². The maximum absolute atomic E-state index is 12.3. The number of rotatable bonds is 6. The number of nitrogens with zero attached hydrogens (tertiary/aromatic N) is 1. The fourth-order valence-electron chi connectivity index (χ4n) is 1.29. The molecule has 116 valence electrons. The number of urea groups is 1. The van der Waals surface area contributed by atoms with Gasteiger partial charge in [-0.25, -0.2) is 9.59 Å². The molecule has 0 aliphatic heterocycles. The molecule has 3 N–H and O–H groups in total. The van der Waals surface area contributed by atoms with Gasteiger partial charge in [0.1, 0.15) is 12.6 Å². The van der Waals surface area contributed by atoms with Crippen LogP contribution in [0.25, 0.3) is 0 Å². The quantitative estimate of drug-likeness (QED) is 0.675. The molecule has 0 heterocycles. The Balaban J connectivity index is 4.89. The highest BCUT2D eigenvalue weighted by Gasteiger charge is 2.35. The second-order valence-electron chi connectivity index (χ2n) is 4.28. The second kappa shape index (κ2) is 6.96. The standard InChI is InChI=1S/C10H15F3N2O5/c1-5(2)15(4-10(11,12)13)9(20)14-6(8(18)19)3-7(16)17/h5-6H,3-4H2,1-2H3,(H,14,20)(H,16,17)(H,18,19)/t6-/m0/s1. The van der Waals surface area contributed by atoms with Gasteiger partial charge in [0.25, 0.3) is 0 Å². The molecule has 0 saturated heterocycles. The third-order valence-electron chi connectivity index (χ3n) is 2.21. The zero-order valence-corrected chi connectivity index (χ0v) is 10.8. The van der Waals surface area contributed by atoms with Crippen LogP contribution in [0.2, 0.25) is 0 Å². The summed E-state index contributed by atoms with van der Waals surface area (Å²) in [5, 5.41) is 18.9. The van der Waals surface area contributed by atoms with Gasteiger partial charge in [-0.1, -0.05) is 0 Å². The maximum atomic E-state index is 12.3. The molecule has 20 heavy (non-hydrogen) atoms. The van der Waals surface area contributed by atoms with Gasteiger partial charge in [0, 0.05) is 6.04 Å². The van der Waals surface area contributed by atoms with E-state index < -0.39 is 49.2 Å². The third kappa shape index (κ3) is 6.81. The number of carboxylic acid groups (broad SMARTS) is 2. The lowest BCUT2D eigenvalue weighted by Gasteiger charge is -2.29. The lowest BCUT2D eigenvalue weighted by molar-refractivity contribution is -0.146. The van der Waals surface area contributed by atoms with Gasteiger partial charge >= 0.3 is 24.1 Å². The van der Waals surface area contributed by atoms with E-state index in [1.54, 1.807) is 5.32 Å². The average Bonchev–Trinajstić information content (AvgIpc) is 2.22. The predicted octanol–water partition coefficient (Wildman–Crippen LogP) is 0.897. The monoisotopic (exact) mass is 300 g/mol. The number of hydrogen-bond acceptors (Lipinski definition) is 3. The van der Waals surface area contributed by atoms with Gasteiger partial charge in [-0.3, -0.25) is 4.79 Å². The maximum Gasteiger partial charge on any atom is 0.406 e. The average molecular weight is 300 g/mol. The molecule has 10 heteroatoms. The summed E-state index contributed by atoms with van der Waals surface area (Å²) in [4.78, 5) is 33.1. The molecular weight excluding hydrogens is 285 g/mol. The molecule has 0 fully saturated rings. The Labute approximate surface area is 112 Å². The molecule has 2 amide bonds. The lowest BCUT2D eigenvalue weighted by Crippen LogP contribution is -2.53. The first-order valence-corrected chi connectivity index (χ1v) is 5.52. The molecule has 0 aliphatic carbocycles. The highest BCUT2D eigenvalue weighted by molar-refractivity contribution is 5.86. The van der Waals surface area contributed by atoms with Crippen molar-refractivity contribution in [1.82, 2.24) is 10.2 Å². The van der Waals surface area contributed by atoms with Crippen molar-refractivity contribution in [3.05, 3.63) is 0 Å². The van der Waals surface area contributed by atoms with Crippen molar-refractivity contribution in [3.8, 4) is 0 Å². The van der Waals surface area contributed by atoms with Crippen molar-refractivity contribution in [2.45, 2.75) is 38.5 Å². The van der Waals surface area contributed by atoms with Crippen LogP contribution in [0, 0.1) is 0 Å². The number of nitrogens with one attached hydrogen (secondary N) is 1. The number of carboxylic acids is 2. The van der Waals surface area contributed by atoms with Crippen LogP contribution in [0.5, 0.6) is 0 Å². The Bertz CT molecular complexity index is 384. The minimum atomic E-state index is -4.65. The highest BCUT2D eigenvalue weighted by Crippen LogP contribution is 2.18. The largest absolute Gasteiger partial charge is 0.481 e. The SMILES string of the molecule is CC(C)N(CC(F)(F)F)C(=O)N[C@@H](CC(=O)O)C(=O)O. The van der Waals surface area contributed by atoms with Crippen LogP contribution in [0.1, 0.15) is 20.3 Å². The highest BCUT2D eigenvalue weighted by atomic mass is 19.4. The number of alkyl halides is 3. The molecule has 0 aromatic heterocycles. The summed E-state index contributed by atoms with van der Waals surface area (Å²) in [6.45, 7) is 1.08. The summed E-state index contributed by atoms with van der Waals surface area (Å²) < 4.78 is 36.9. The molecule has 0 aliphatic rings. The van der Waals surface area contributed by atoms with E-state index in [1.165, 1.54) is 13.8 Å². The Hall–Kier alpha value is -2.00. The molecule has 0 aromatic rings. The molecule has 0 aromatic carbocycles. The zero-order chi connectivity index (χ0) is 16.1. The van der Waals surface area contributed by atoms with Crippen LogP contribution in [0.15, 0.2) is 0 Å². The van der Waals surface area contributed by atoms with E-state index in [9.17, 15) is 27.6 Å². The fourth-order valence-corrected chi connectivity index (χ4v) is 1.29. The minimum Gasteiger partial charge on any atom is -0.481 e. The molecule has 0 rings (SSSR count). The molecule has 0 radical (unpaired) electrons. The summed E-state index contributed by atoms with van der Waals surface area (Å²) >= 11 is 0. The number of carbonyl (C=O) groups is 3.